The van der Waals surface area contributed by atoms with E-state index in [0.29, 0.717) is 34.5 Å². The first-order valence-corrected chi connectivity index (χ1v) is 13.6. The van der Waals surface area contributed by atoms with Gasteiger partial charge in [0.25, 0.3) is 5.92 Å². The maximum Gasteiger partial charge on any atom is 0.267 e. The highest BCUT2D eigenvalue weighted by Gasteiger charge is 2.26. The van der Waals surface area contributed by atoms with Gasteiger partial charge in [0.05, 0.1) is 24.1 Å². The molecule has 0 spiro atoms. The van der Waals surface area contributed by atoms with Crippen LogP contribution in [0.2, 0.25) is 0 Å². The summed E-state index contributed by atoms with van der Waals surface area (Å²) in [7, 11) is 0. The van der Waals surface area contributed by atoms with Crippen molar-refractivity contribution < 1.29 is 13.6 Å². The number of aliphatic imine (C=N–C) groups is 1. The number of alkyl halides is 2. The Balaban J connectivity index is 1.27. The molecule has 2 aromatic heterocycles. The number of carbonyl (C=O) groups excluding carboxylic acids is 1. The number of Topliss-reactive ketones (excluding diaryl/α,β-unsaturated/α-hetero) is 1. The number of rotatable bonds is 10. The number of carbonyl (C=O) groups is 1. The van der Waals surface area contributed by atoms with Crippen LogP contribution in [0.5, 0.6) is 0 Å². The maximum absolute atomic E-state index is 13.7. The van der Waals surface area contributed by atoms with Crippen molar-refractivity contribution in [2.75, 3.05) is 28.2 Å². The number of hydrogen-bond acceptors (Lipinski definition) is 10. The number of allylic oxidation sites excluding steroid dienone is 5. The Morgan fingerprint density at radius 1 is 1.16 bits per heavy atom. The fraction of sp³-hybridized carbons (Fsp3) is 0.226. The monoisotopic (exact) mass is 583 g/mol. The first-order valence-electron chi connectivity index (χ1n) is 13.6. The van der Waals surface area contributed by atoms with Crippen molar-refractivity contribution in [3.8, 4) is 0 Å². The number of halogens is 2. The number of anilines is 4. The minimum absolute atomic E-state index is 0.000955. The summed E-state index contributed by atoms with van der Waals surface area (Å²) in [5.41, 5.74) is 9.80. The Labute approximate surface area is 247 Å². The van der Waals surface area contributed by atoms with Crippen molar-refractivity contribution in [1.82, 2.24) is 15.0 Å². The van der Waals surface area contributed by atoms with Gasteiger partial charge in [0.2, 0.25) is 5.95 Å². The molecule has 0 fully saturated rings. The molecule has 3 heterocycles. The molecule has 0 saturated carbocycles. The van der Waals surface area contributed by atoms with Crippen molar-refractivity contribution in [2.45, 2.75) is 38.9 Å². The average molecular weight is 584 g/mol. The molecule has 3 aromatic rings. The van der Waals surface area contributed by atoms with Crippen LogP contribution in [0.15, 0.2) is 88.0 Å². The minimum atomic E-state index is -2.93. The van der Waals surface area contributed by atoms with Crippen LogP contribution in [0.25, 0.3) is 6.08 Å². The summed E-state index contributed by atoms with van der Waals surface area (Å²) >= 11 is 0. The Kier molecular flexibility index (Phi) is 8.65. The molecule has 1 atom stereocenters. The van der Waals surface area contributed by atoms with E-state index in [1.807, 2.05) is 49.4 Å². The molecular weight excluding hydrogens is 552 g/mol. The van der Waals surface area contributed by atoms with Gasteiger partial charge in [0, 0.05) is 35.6 Å². The van der Waals surface area contributed by atoms with E-state index in [0.717, 1.165) is 23.9 Å². The predicted octanol–water partition coefficient (Wildman–Crippen LogP) is 3.70. The van der Waals surface area contributed by atoms with Gasteiger partial charge in [-0.2, -0.15) is 4.98 Å². The van der Waals surface area contributed by atoms with Crippen LogP contribution < -0.4 is 32.4 Å². The Morgan fingerprint density at radius 3 is 2.81 bits per heavy atom. The molecule has 2 aliphatic rings. The summed E-state index contributed by atoms with van der Waals surface area (Å²) in [6, 6.07) is 11.3. The number of aryl methyl sites for hydroxylation is 1. The van der Waals surface area contributed by atoms with Crippen LogP contribution in [0.1, 0.15) is 24.6 Å². The van der Waals surface area contributed by atoms with Gasteiger partial charge in [-0.1, -0.05) is 36.4 Å². The second-order valence-corrected chi connectivity index (χ2v) is 10.1. The molecular formula is C31H31F2N9O. The molecule has 1 unspecified atom stereocenters. The summed E-state index contributed by atoms with van der Waals surface area (Å²) in [5, 5.41) is 10.6. The Morgan fingerprint density at radius 2 is 2.02 bits per heavy atom. The van der Waals surface area contributed by atoms with Crippen LogP contribution in [0.3, 0.4) is 0 Å². The lowest BCUT2D eigenvalue weighted by molar-refractivity contribution is -0.113. The lowest BCUT2D eigenvalue weighted by atomic mass is 10.1. The lowest BCUT2D eigenvalue weighted by Crippen LogP contribution is -2.35. The number of nitrogens with two attached hydrogens (primary N) is 1. The highest BCUT2D eigenvalue weighted by Crippen LogP contribution is 2.28. The highest BCUT2D eigenvalue weighted by atomic mass is 19.3. The van der Waals surface area contributed by atoms with Gasteiger partial charge >= 0.3 is 0 Å². The van der Waals surface area contributed by atoms with E-state index < -0.39 is 12.1 Å². The molecule has 1 aromatic carbocycles. The van der Waals surface area contributed by atoms with Crippen LogP contribution in [0, 0.1) is 6.92 Å². The van der Waals surface area contributed by atoms with Crippen molar-refractivity contribution in [3.63, 3.8) is 0 Å². The van der Waals surface area contributed by atoms with Crippen molar-refractivity contribution in [2.24, 2.45) is 9.98 Å². The second-order valence-electron chi connectivity index (χ2n) is 10.1. The number of nitrogen functional groups attached to an aromatic ring is 1. The van der Waals surface area contributed by atoms with Gasteiger partial charge in [0.15, 0.2) is 11.6 Å². The molecule has 5 N–H and O–H groups in total. The van der Waals surface area contributed by atoms with E-state index in [4.69, 9.17) is 5.73 Å². The molecule has 220 valence electrons. The molecule has 10 nitrogen and oxygen atoms in total. The van der Waals surface area contributed by atoms with E-state index >= 15 is 0 Å². The number of fused-ring (bicyclic) bond motifs is 1. The Hall–Kier alpha value is -5.26. The number of aromatic nitrogens is 3. The zero-order valence-electron chi connectivity index (χ0n) is 23.7. The van der Waals surface area contributed by atoms with Gasteiger partial charge in [-0.05, 0) is 49.2 Å². The van der Waals surface area contributed by atoms with E-state index in [9.17, 15) is 13.6 Å². The summed E-state index contributed by atoms with van der Waals surface area (Å²) in [6.45, 7) is 3.23. The zero-order chi connectivity index (χ0) is 30.4. The van der Waals surface area contributed by atoms with Crippen LogP contribution >= 0.6 is 0 Å². The minimum Gasteiger partial charge on any atom is -0.382 e. The third-order valence-corrected chi connectivity index (χ3v) is 6.82. The number of benzene rings is 1. The van der Waals surface area contributed by atoms with Crippen molar-refractivity contribution in [3.05, 3.63) is 100 Å². The number of nitrogens with one attached hydrogen (secondary N) is 3. The normalized spacial score (nSPS) is 16.0. The third-order valence-electron chi connectivity index (χ3n) is 6.82. The molecule has 0 amide bonds. The van der Waals surface area contributed by atoms with E-state index in [2.05, 4.69) is 40.9 Å². The largest absolute Gasteiger partial charge is 0.382 e. The van der Waals surface area contributed by atoms with Crippen LogP contribution in [-0.2, 0) is 11.3 Å². The first-order chi connectivity index (χ1) is 20.7. The van der Waals surface area contributed by atoms with Crippen molar-refractivity contribution in [1.29, 1.82) is 0 Å². The standard InChI is InChI=1S/C31H31F2N9O/c1-19-9-12-22(36-17-26(43)20-6-5-7-21(11-10-20)31(2,32)33)14-24(19)40-27-15-25-28(39-18-38-27)29(34)42-30(41-25)37-16-23-8-3-4-13-35-23/h3-10,12-15,18,27,36,40H,11,16-17H2,1-2H3,(H3,34,37,41,42). The summed E-state index contributed by atoms with van der Waals surface area (Å²) in [6.07, 6.45) is 10.4. The third kappa shape index (κ3) is 7.53. The van der Waals surface area contributed by atoms with E-state index in [1.165, 1.54) is 24.6 Å². The van der Waals surface area contributed by atoms with Gasteiger partial charge in [-0.25, -0.2) is 23.7 Å². The number of hydrogen-bond donors (Lipinski definition) is 4. The molecule has 12 heteroatoms. The summed E-state index contributed by atoms with van der Waals surface area (Å²) in [5.74, 6) is -2.57. The molecule has 0 radical (unpaired) electrons. The number of ketones is 1. The predicted molar refractivity (Wildman–Crippen MR) is 164 cm³/mol. The highest BCUT2D eigenvalue weighted by molar-refractivity contribution is 6.01. The maximum atomic E-state index is 13.7. The van der Waals surface area contributed by atoms with Gasteiger partial charge in [0.1, 0.15) is 17.9 Å². The molecule has 43 heavy (non-hydrogen) atoms. The van der Waals surface area contributed by atoms with E-state index in [-0.39, 0.29) is 30.1 Å². The lowest BCUT2D eigenvalue weighted by Gasteiger charge is -2.16. The molecule has 1 aliphatic carbocycles. The fourth-order valence-corrected chi connectivity index (χ4v) is 4.41. The molecule has 0 saturated heterocycles. The SMILES string of the molecule is Cc1ccc(NCC(=O)C2=CCC(C(C)(F)F)=CC=C2)cc1NC1C=c2nc(NCc3ccccn3)nc(N)c2=NC=N1. The van der Waals surface area contributed by atoms with Crippen molar-refractivity contribution >= 4 is 41.3 Å². The number of nitrogens with zero attached hydrogens (tertiary/aromatic N) is 5. The molecule has 5 rings (SSSR count). The summed E-state index contributed by atoms with van der Waals surface area (Å²) in [4.78, 5) is 34.8. The second kappa shape index (κ2) is 12.7. The quantitative estimate of drug-likeness (QED) is 0.283. The summed E-state index contributed by atoms with van der Waals surface area (Å²) < 4.78 is 27.4. The smallest absolute Gasteiger partial charge is 0.267 e. The van der Waals surface area contributed by atoms with E-state index in [1.54, 1.807) is 12.3 Å². The fourth-order valence-electron chi connectivity index (χ4n) is 4.41. The average Bonchev–Trinajstić information content (AvgIpc) is 3.36. The number of pyridine rings is 1. The van der Waals surface area contributed by atoms with Gasteiger partial charge in [-0.3, -0.25) is 9.78 Å². The van der Waals surface area contributed by atoms with Gasteiger partial charge < -0.3 is 21.7 Å². The van der Waals surface area contributed by atoms with Crippen LogP contribution in [0.4, 0.5) is 31.9 Å². The zero-order valence-corrected chi connectivity index (χ0v) is 23.7. The molecule has 0 bridgehead atoms. The first kappa shape index (κ1) is 29.2. The Bertz CT molecular complexity index is 1760. The van der Waals surface area contributed by atoms with Gasteiger partial charge in [-0.15, -0.1) is 0 Å². The molecule has 1 aliphatic heterocycles. The van der Waals surface area contributed by atoms with Crippen LogP contribution in [-0.4, -0.2) is 45.7 Å². The topological polar surface area (TPSA) is 143 Å².